The van der Waals surface area contributed by atoms with Gasteiger partial charge in [-0.1, -0.05) is 8.67 Å². The Balaban J connectivity index is -0.000000112. The largest absolute Gasteiger partial charge is 0.425 e. The zero-order valence-electron chi connectivity index (χ0n) is 10.4. The average molecular weight is 326 g/mol. The summed E-state index contributed by atoms with van der Waals surface area (Å²) in [7, 11) is -6.13. The lowest BCUT2D eigenvalue weighted by molar-refractivity contribution is -0.105. The van der Waals surface area contributed by atoms with Crippen LogP contribution in [-0.4, -0.2) is 51.5 Å². The van der Waals surface area contributed by atoms with E-state index in [0.717, 1.165) is 6.54 Å². The van der Waals surface area contributed by atoms with Crippen molar-refractivity contribution < 1.29 is 34.6 Å². The molecule has 0 saturated heterocycles. The smallest absolute Gasteiger partial charge is 0.344 e. The van der Waals surface area contributed by atoms with Gasteiger partial charge in [0.25, 0.3) is 0 Å². The molecule has 0 heterocycles. The lowest BCUT2D eigenvalue weighted by Crippen LogP contribution is -2.11. The van der Waals surface area contributed by atoms with Gasteiger partial charge in [0.1, 0.15) is 0 Å². The summed E-state index contributed by atoms with van der Waals surface area (Å²) in [5.41, 5.74) is 0. The molecule has 0 saturated carbocycles. The number of nitrogens with zero attached hydrogens (tertiary/aromatic N) is 2. The fourth-order valence-electron chi connectivity index (χ4n) is 0.344. The lowest BCUT2D eigenvalue weighted by atomic mass is 10.4. The van der Waals surface area contributed by atoms with E-state index in [1.165, 1.54) is 0 Å². The van der Waals surface area contributed by atoms with Crippen LogP contribution in [0.1, 0.15) is 6.42 Å². The van der Waals surface area contributed by atoms with E-state index in [1.54, 1.807) is 0 Å². The molecule has 0 aromatic heterocycles. The van der Waals surface area contributed by atoms with E-state index in [1.807, 2.05) is 19.0 Å². The second-order valence-corrected chi connectivity index (χ2v) is 4.69. The first-order valence-corrected chi connectivity index (χ1v) is 6.55. The Hall–Kier alpha value is -0.890. The molecule has 0 amide bonds. The second kappa shape index (κ2) is 12.2. The molecule has 0 radical (unpaired) electrons. The first-order chi connectivity index (χ1) is 7.48. The van der Waals surface area contributed by atoms with Crippen LogP contribution in [0.3, 0.4) is 0 Å². The van der Waals surface area contributed by atoms with Crippen LogP contribution in [0, 0.1) is 11.3 Å². The summed E-state index contributed by atoms with van der Waals surface area (Å²) in [6, 6.07) is 2.06. The molecule has 0 rings (SSSR count). The minimum atomic E-state index is -5.02. The van der Waals surface area contributed by atoms with Gasteiger partial charge in [-0.2, -0.15) is 22.1 Å². The van der Waals surface area contributed by atoms with Crippen LogP contribution in [0.5, 0.6) is 0 Å². The van der Waals surface area contributed by atoms with Gasteiger partial charge in [0.05, 0.1) is 6.07 Å². The molecular formula is C5H18N4O8S2. The van der Waals surface area contributed by atoms with Gasteiger partial charge in [-0.15, -0.1) is 0 Å². The maximum absolute atomic E-state index is 9.51. The summed E-state index contributed by atoms with van der Waals surface area (Å²) in [5.74, 6) is 0. The van der Waals surface area contributed by atoms with Crippen molar-refractivity contribution >= 4 is 20.8 Å². The summed E-state index contributed by atoms with van der Waals surface area (Å²) in [4.78, 5) is 1.99. The van der Waals surface area contributed by atoms with Crippen molar-refractivity contribution in [1.82, 2.24) is 17.2 Å². The zero-order valence-corrected chi connectivity index (χ0v) is 12.0. The Morgan fingerprint density at radius 1 is 1.05 bits per heavy atom. The molecule has 0 atom stereocenters. The molecule has 8 N–H and O–H groups in total. The molecule has 0 spiro atoms. The van der Waals surface area contributed by atoms with Crippen molar-refractivity contribution in [3.05, 3.63) is 0 Å². The van der Waals surface area contributed by atoms with Crippen molar-refractivity contribution in [3.8, 4) is 6.07 Å². The van der Waals surface area contributed by atoms with Gasteiger partial charge in [-0.3, -0.25) is 9.11 Å². The van der Waals surface area contributed by atoms with Gasteiger partial charge in [0.2, 0.25) is 0 Å². The van der Waals surface area contributed by atoms with Crippen molar-refractivity contribution in [2.75, 3.05) is 20.6 Å². The summed E-state index contributed by atoms with van der Waals surface area (Å²) in [5, 5.41) is 8.04. The third-order valence-corrected chi connectivity index (χ3v) is 1.44. The third-order valence-electron chi connectivity index (χ3n) is 0.871. The minimum absolute atomic E-state index is 0. The lowest BCUT2D eigenvalue weighted by Gasteiger charge is -2.02. The van der Waals surface area contributed by atoms with Crippen molar-refractivity contribution in [1.29, 1.82) is 5.26 Å². The molecule has 0 fully saturated rings. The van der Waals surface area contributed by atoms with Gasteiger partial charge in [0.15, 0.2) is 0 Å². The fraction of sp³-hybridized carbons (Fsp3) is 0.800. The van der Waals surface area contributed by atoms with Gasteiger partial charge >= 0.3 is 20.8 Å². The maximum Gasteiger partial charge on any atom is 0.425 e. The summed E-state index contributed by atoms with van der Waals surface area (Å²) in [6.45, 7) is 0.872. The first-order valence-electron chi connectivity index (χ1n) is 3.82. The van der Waals surface area contributed by atoms with E-state index in [0.29, 0.717) is 6.42 Å². The minimum Gasteiger partial charge on any atom is -0.344 e. The van der Waals surface area contributed by atoms with E-state index in [-0.39, 0.29) is 12.3 Å². The van der Waals surface area contributed by atoms with Crippen LogP contribution in [0.2, 0.25) is 0 Å². The van der Waals surface area contributed by atoms with Crippen molar-refractivity contribution in [3.63, 3.8) is 0 Å². The molecule has 0 unspecified atom stereocenters. The van der Waals surface area contributed by atoms with Crippen LogP contribution < -0.4 is 12.3 Å². The van der Waals surface area contributed by atoms with Gasteiger partial charge in [-0.25, -0.2) is 0 Å². The Labute approximate surface area is 111 Å². The van der Waals surface area contributed by atoms with E-state index < -0.39 is 20.8 Å². The molecule has 0 aliphatic carbocycles. The van der Waals surface area contributed by atoms with Gasteiger partial charge < -0.3 is 17.2 Å². The maximum atomic E-state index is 9.51. The quantitative estimate of drug-likeness (QED) is 0.280. The standard InChI is InChI=1S/C5H10N2.2H3N.H2O8S2/c1-7(2)5-3-4-6;;;1-9(2,3)7-8-10(4,5)6/h3,5H2,1-2H3;2*1H3;(H,1,2,3)(H,4,5,6). The highest BCUT2D eigenvalue weighted by molar-refractivity contribution is 7.83. The van der Waals surface area contributed by atoms with Crippen LogP contribution in [0.15, 0.2) is 0 Å². The highest BCUT2D eigenvalue weighted by Gasteiger charge is 2.13. The molecular weight excluding hydrogens is 308 g/mol. The molecule has 0 bridgehead atoms. The number of rotatable bonds is 5. The number of hydrogen-bond acceptors (Lipinski definition) is 10. The Morgan fingerprint density at radius 2 is 1.37 bits per heavy atom. The van der Waals surface area contributed by atoms with Crippen molar-refractivity contribution in [2.45, 2.75) is 6.42 Å². The van der Waals surface area contributed by atoms with Crippen LogP contribution >= 0.6 is 0 Å². The summed E-state index contributed by atoms with van der Waals surface area (Å²) in [6.07, 6.45) is 0.632. The second-order valence-electron chi connectivity index (χ2n) is 2.70. The van der Waals surface area contributed by atoms with Gasteiger partial charge in [-0.05, 0) is 14.1 Å². The Morgan fingerprint density at radius 3 is 1.47 bits per heavy atom. The molecule has 0 aliphatic rings. The monoisotopic (exact) mass is 326 g/mol. The third kappa shape index (κ3) is 38.2. The van der Waals surface area contributed by atoms with Gasteiger partial charge in [0, 0.05) is 13.0 Å². The predicted molar refractivity (Wildman–Crippen MR) is 64.1 cm³/mol. The number of hydrogen-bond donors (Lipinski definition) is 4. The Bertz CT molecular complexity index is 406. The predicted octanol–water partition coefficient (Wildman–Crippen LogP) is -0.674. The fourth-order valence-corrected chi connectivity index (χ4v) is 0.905. The highest BCUT2D eigenvalue weighted by atomic mass is 32.3. The van der Waals surface area contributed by atoms with E-state index in [9.17, 15) is 16.8 Å². The first kappa shape index (κ1) is 26.6. The normalized spacial score (nSPS) is 10.3. The molecule has 0 aromatic carbocycles. The molecule has 14 heteroatoms. The van der Waals surface area contributed by atoms with E-state index in [2.05, 4.69) is 14.7 Å². The SMILES string of the molecule is CN(C)CCC#N.N.N.O=S(=O)(O)OOS(=O)(=O)O. The highest BCUT2D eigenvalue weighted by Crippen LogP contribution is 1.92. The molecule has 12 nitrogen and oxygen atoms in total. The topological polar surface area (TPSA) is 224 Å². The molecule has 0 aromatic rings. The average Bonchev–Trinajstić information content (AvgIpc) is 2.10. The Kier molecular flexibility index (Phi) is 17.0. The van der Waals surface area contributed by atoms with Crippen molar-refractivity contribution in [2.24, 2.45) is 0 Å². The van der Waals surface area contributed by atoms with E-state index >= 15 is 0 Å². The molecule has 118 valence electrons. The summed E-state index contributed by atoms with van der Waals surface area (Å²) >= 11 is 0. The molecule has 0 aliphatic heterocycles. The summed E-state index contributed by atoms with van der Waals surface area (Å²) < 4.78 is 58.9. The zero-order chi connectivity index (χ0) is 14.1. The van der Waals surface area contributed by atoms with E-state index in [4.69, 9.17) is 14.4 Å². The number of nitriles is 1. The van der Waals surface area contributed by atoms with Crippen LogP contribution in [0.25, 0.3) is 0 Å². The molecule has 19 heavy (non-hydrogen) atoms. The van der Waals surface area contributed by atoms with Crippen LogP contribution in [0.4, 0.5) is 0 Å². The van der Waals surface area contributed by atoms with Crippen LogP contribution in [-0.2, 0) is 29.5 Å².